The minimum Gasteiger partial charge on any atom is -0.497 e. The molecule has 0 fully saturated rings. The Bertz CT molecular complexity index is 662. The monoisotopic (exact) mass is 336 g/mol. The molecule has 0 radical (unpaired) electrons. The zero-order valence-electron chi connectivity index (χ0n) is 12.8. The number of urea groups is 1. The Morgan fingerprint density at radius 1 is 1.04 bits per heavy atom. The summed E-state index contributed by atoms with van der Waals surface area (Å²) in [5.41, 5.74) is 0.496. The molecule has 2 aromatic rings. The van der Waals surface area contributed by atoms with E-state index < -0.39 is 6.03 Å². The first kappa shape index (κ1) is 16.8. The lowest BCUT2D eigenvalue weighted by Gasteiger charge is -2.13. The summed E-state index contributed by atoms with van der Waals surface area (Å²) in [6.07, 6.45) is 0. The van der Waals surface area contributed by atoms with E-state index in [1.165, 1.54) is 7.11 Å². The van der Waals surface area contributed by atoms with Crippen LogP contribution in [0.3, 0.4) is 0 Å². The van der Waals surface area contributed by atoms with Gasteiger partial charge in [0.25, 0.3) is 0 Å². The lowest BCUT2D eigenvalue weighted by Crippen LogP contribution is -2.32. The van der Waals surface area contributed by atoms with E-state index in [-0.39, 0.29) is 6.73 Å². The van der Waals surface area contributed by atoms with Crippen LogP contribution in [0.4, 0.5) is 10.5 Å². The molecule has 0 saturated carbocycles. The van der Waals surface area contributed by atoms with Crippen molar-refractivity contribution in [3.05, 3.63) is 47.5 Å². The first-order chi connectivity index (χ1) is 11.1. The van der Waals surface area contributed by atoms with Gasteiger partial charge in [-0.2, -0.15) is 0 Å². The van der Waals surface area contributed by atoms with Gasteiger partial charge < -0.3 is 24.8 Å². The minimum absolute atomic E-state index is 0.0136. The van der Waals surface area contributed by atoms with Crippen LogP contribution in [0.2, 0.25) is 5.02 Å². The van der Waals surface area contributed by atoms with Gasteiger partial charge in [-0.05, 0) is 36.4 Å². The van der Waals surface area contributed by atoms with Gasteiger partial charge in [0.2, 0.25) is 0 Å². The van der Waals surface area contributed by atoms with Crippen molar-refractivity contribution in [2.24, 2.45) is 0 Å². The predicted octanol–water partition coefficient (Wildman–Crippen LogP) is 3.52. The number of benzene rings is 2. The van der Waals surface area contributed by atoms with Crippen molar-refractivity contribution < 1.29 is 19.0 Å². The zero-order valence-corrected chi connectivity index (χ0v) is 13.5. The molecule has 0 saturated heterocycles. The summed E-state index contributed by atoms with van der Waals surface area (Å²) >= 11 is 5.78. The Labute approximate surface area is 139 Å². The van der Waals surface area contributed by atoms with Gasteiger partial charge in [0.1, 0.15) is 17.2 Å². The molecule has 2 aromatic carbocycles. The van der Waals surface area contributed by atoms with Crippen molar-refractivity contribution in [2.45, 2.75) is 0 Å². The van der Waals surface area contributed by atoms with Gasteiger partial charge in [-0.15, -0.1) is 0 Å². The van der Waals surface area contributed by atoms with Crippen LogP contribution in [-0.2, 0) is 0 Å². The van der Waals surface area contributed by atoms with Crippen molar-refractivity contribution >= 4 is 23.3 Å². The van der Waals surface area contributed by atoms with Crippen molar-refractivity contribution in [3.8, 4) is 17.2 Å². The third-order valence-electron chi connectivity index (χ3n) is 2.94. The number of carbonyl (C=O) groups is 1. The number of hydrogen-bond acceptors (Lipinski definition) is 4. The molecule has 0 atom stereocenters. The number of ether oxygens (including phenoxy) is 3. The van der Waals surface area contributed by atoms with E-state index in [0.717, 1.165) is 0 Å². The molecule has 0 spiro atoms. The number of carbonyl (C=O) groups excluding carboxylic acids is 1. The molecule has 0 aromatic heterocycles. The minimum atomic E-state index is -0.425. The summed E-state index contributed by atoms with van der Waals surface area (Å²) in [6.45, 7) is 0.0136. The molecule has 2 rings (SSSR count). The topological polar surface area (TPSA) is 68.8 Å². The van der Waals surface area contributed by atoms with E-state index in [1.807, 2.05) is 0 Å². The summed E-state index contributed by atoms with van der Waals surface area (Å²) in [5.74, 6) is 1.74. The first-order valence-electron chi connectivity index (χ1n) is 6.77. The molecular weight excluding hydrogens is 320 g/mol. The Hall–Kier alpha value is -2.60. The van der Waals surface area contributed by atoms with Crippen molar-refractivity contribution in [3.63, 3.8) is 0 Å². The predicted molar refractivity (Wildman–Crippen MR) is 88.6 cm³/mol. The molecule has 0 bridgehead atoms. The summed E-state index contributed by atoms with van der Waals surface area (Å²) in [7, 11) is 3.07. The fourth-order valence-corrected chi connectivity index (χ4v) is 1.92. The number of methoxy groups -OCH3 is 2. The van der Waals surface area contributed by atoms with E-state index >= 15 is 0 Å². The Morgan fingerprint density at radius 2 is 1.74 bits per heavy atom. The molecule has 0 aliphatic carbocycles. The molecule has 2 amide bonds. The lowest BCUT2D eigenvalue weighted by molar-refractivity contribution is 0.234. The van der Waals surface area contributed by atoms with Gasteiger partial charge in [0.15, 0.2) is 6.73 Å². The first-order valence-corrected chi connectivity index (χ1v) is 7.15. The summed E-state index contributed by atoms with van der Waals surface area (Å²) in [5, 5.41) is 5.88. The third-order valence-corrected chi connectivity index (χ3v) is 3.19. The zero-order chi connectivity index (χ0) is 16.7. The Kier molecular flexibility index (Phi) is 5.94. The highest BCUT2D eigenvalue weighted by molar-refractivity contribution is 6.30. The number of nitrogens with one attached hydrogen (secondary N) is 2. The Morgan fingerprint density at radius 3 is 2.39 bits per heavy atom. The van der Waals surface area contributed by atoms with Gasteiger partial charge in [-0.1, -0.05) is 11.6 Å². The molecule has 23 heavy (non-hydrogen) atoms. The van der Waals surface area contributed by atoms with E-state index in [0.29, 0.717) is 28.0 Å². The van der Waals surface area contributed by atoms with E-state index in [4.69, 9.17) is 25.8 Å². The van der Waals surface area contributed by atoms with E-state index in [2.05, 4.69) is 10.6 Å². The molecular formula is C16H17ClN2O4. The van der Waals surface area contributed by atoms with Crippen LogP contribution in [0.15, 0.2) is 42.5 Å². The maximum atomic E-state index is 11.9. The molecule has 2 N–H and O–H groups in total. The largest absolute Gasteiger partial charge is 0.497 e. The van der Waals surface area contributed by atoms with Crippen molar-refractivity contribution in [1.29, 1.82) is 0 Å². The molecule has 122 valence electrons. The smallest absolute Gasteiger partial charge is 0.321 e. The second-order valence-corrected chi connectivity index (χ2v) is 4.88. The van der Waals surface area contributed by atoms with Gasteiger partial charge in [-0.25, -0.2) is 4.79 Å². The third kappa shape index (κ3) is 4.96. The second kappa shape index (κ2) is 8.14. The quantitative estimate of drug-likeness (QED) is 0.792. The van der Waals surface area contributed by atoms with E-state index in [9.17, 15) is 4.79 Å². The van der Waals surface area contributed by atoms with Gasteiger partial charge >= 0.3 is 6.03 Å². The van der Waals surface area contributed by atoms with Gasteiger partial charge in [0.05, 0.1) is 19.9 Å². The summed E-state index contributed by atoms with van der Waals surface area (Å²) in [4.78, 5) is 11.9. The molecule has 0 aliphatic heterocycles. The van der Waals surface area contributed by atoms with E-state index in [1.54, 1.807) is 49.6 Å². The molecule has 0 heterocycles. The van der Waals surface area contributed by atoms with Crippen molar-refractivity contribution in [1.82, 2.24) is 5.32 Å². The number of hydrogen-bond donors (Lipinski definition) is 2. The maximum Gasteiger partial charge on any atom is 0.321 e. The summed E-state index contributed by atoms with van der Waals surface area (Å²) in [6, 6.07) is 11.5. The van der Waals surface area contributed by atoms with Crippen LogP contribution in [0, 0.1) is 0 Å². The normalized spacial score (nSPS) is 9.87. The number of anilines is 1. The van der Waals surface area contributed by atoms with Crippen LogP contribution in [0.25, 0.3) is 0 Å². The number of amides is 2. The number of rotatable bonds is 6. The average Bonchev–Trinajstić information content (AvgIpc) is 2.56. The van der Waals surface area contributed by atoms with Crippen LogP contribution < -0.4 is 24.8 Å². The maximum absolute atomic E-state index is 11.9. The van der Waals surface area contributed by atoms with Crippen LogP contribution in [-0.4, -0.2) is 27.0 Å². The highest BCUT2D eigenvalue weighted by atomic mass is 35.5. The summed E-state index contributed by atoms with van der Waals surface area (Å²) < 4.78 is 15.7. The molecule has 6 nitrogen and oxygen atoms in total. The van der Waals surface area contributed by atoms with Gasteiger partial charge in [-0.3, -0.25) is 0 Å². The highest BCUT2D eigenvalue weighted by Gasteiger charge is 2.08. The molecule has 0 aliphatic rings. The standard InChI is InChI=1S/C16H17ClN2O4/c1-21-13-7-8-15(22-2)14(9-13)19-16(20)18-10-23-12-5-3-11(17)4-6-12/h3-9H,10H2,1-2H3,(H2,18,19,20). The van der Waals surface area contributed by atoms with Crippen LogP contribution >= 0.6 is 11.6 Å². The second-order valence-electron chi connectivity index (χ2n) is 4.44. The van der Waals surface area contributed by atoms with Gasteiger partial charge in [0, 0.05) is 11.1 Å². The highest BCUT2D eigenvalue weighted by Crippen LogP contribution is 2.28. The van der Waals surface area contributed by atoms with Crippen LogP contribution in [0.1, 0.15) is 0 Å². The Balaban J connectivity index is 1.88. The fourth-order valence-electron chi connectivity index (χ4n) is 1.79. The van der Waals surface area contributed by atoms with Crippen LogP contribution in [0.5, 0.6) is 17.2 Å². The average molecular weight is 337 g/mol. The van der Waals surface area contributed by atoms with Crippen molar-refractivity contribution in [2.75, 3.05) is 26.3 Å². The lowest BCUT2D eigenvalue weighted by atomic mass is 10.2. The molecule has 0 unspecified atom stereocenters. The fraction of sp³-hybridized carbons (Fsp3) is 0.188. The molecule has 7 heteroatoms. The number of halogens is 1. The SMILES string of the molecule is COc1ccc(OC)c(NC(=O)NCOc2ccc(Cl)cc2)c1.